The van der Waals surface area contributed by atoms with Gasteiger partial charge in [-0.2, -0.15) is 4.31 Å². The summed E-state index contributed by atoms with van der Waals surface area (Å²) in [4.78, 5) is 14.1. The molecule has 0 radical (unpaired) electrons. The Morgan fingerprint density at radius 1 is 0.963 bits per heavy atom. The van der Waals surface area contributed by atoms with Gasteiger partial charge in [0.15, 0.2) is 6.61 Å². The molecule has 144 valence electrons. The zero-order valence-electron chi connectivity index (χ0n) is 14.3. The Labute approximate surface area is 168 Å². The molecule has 0 aliphatic carbocycles. The van der Waals surface area contributed by atoms with E-state index in [4.69, 9.17) is 27.9 Å². The summed E-state index contributed by atoms with van der Waals surface area (Å²) in [6.07, 6.45) is 0. The van der Waals surface area contributed by atoms with E-state index in [-0.39, 0.29) is 30.5 Å². The van der Waals surface area contributed by atoms with Gasteiger partial charge in [-0.25, -0.2) is 8.42 Å². The normalized spacial score (nSPS) is 15.6. The summed E-state index contributed by atoms with van der Waals surface area (Å²) in [6.45, 7) is 0.923. The summed E-state index contributed by atoms with van der Waals surface area (Å²) in [5.41, 5.74) is 0. The third kappa shape index (κ3) is 4.93. The number of piperazine rings is 1. The van der Waals surface area contributed by atoms with Gasteiger partial charge in [0.1, 0.15) is 5.75 Å². The Kier molecular flexibility index (Phi) is 6.26. The molecule has 0 saturated carbocycles. The molecule has 1 fully saturated rings. The summed E-state index contributed by atoms with van der Waals surface area (Å²) >= 11 is 11.8. The van der Waals surface area contributed by atoms with Crippen molar-refractivity contribution < 1.29 is 17.9 Å². The van der Waals surface area contributed by atoms with Crippen LogP contribution in [0.2, 0.25) is 10.0 Å². The van der Waals surface area contributed by atoms with Crippen LogP contribution in [0.15, 0.2) is 53.4 Å². The van der Waals surface area contributed by atoms with Gasteiger partial charge in [-0.05, 0) is 36.4 Å². The lowest BCUT2D eigenvalue weighted by molar-refractivity contribution is -0.134. The van der Waals surface area contributed by atoms with Crippen molar-refractivity contribution in [3.63, 3.8) is 0 Å². The van der Waals surface area contributed by atoms with Crippen molar-refractivity contribution >= 4 is 39.1 Å². The van der Waals surface area contributed by atoms with Gasteiger partial charge < -0.3 is 9.64 Å². The summed E-state index contributed by atoms with van der Waals surface area (Å²) in [7, 11) is -3.63. The molecule has 1 aliphatic rings. The maximum atomic E-state index is 12.7. The van der Waals surface area contributed by atoms with Crippen LogP contribution in [0, 0.1) is 0 Å². The number of carbonyl (C=O) groups is 1. The smallest absolute Gasteiger partial charge is 0.260 e. The molecule has 0 unspecified atom stereocenters. The molecule has 1 saturated heterocycles. The summed E-state index contributed by atoms with van der Waals surface area (Å²) < 4.78 is 32.2. The standard InChI is InChI=1S/C18H18Cl2N2O4S/c19-14-3-1-5-16(11-14)26-13-18(23)21-7-9-22(10-8-21)27(24,25)17-6-2-4-15(20)12-17/h1-6,11-12H,7-10,13H2. The van der Waals surface area contributed by atoms with E-state index in [0.29, 0.717) is 28.9 Å². The average molecular weight is 429 g/mol. The molecule has 6 nitrogen and oxygen atoms in total. The fraction of sp³-hybridized carbons (Fsp3) is 0.278. The maximum absolute atomic E-state index is 12.7. The van der Waals surface area contributed by atoms with E-state index in [1.807, 2.05) is 0 Å². The Morgan fingerprint density at radius 2 is 1.59 bits per heavy atom. The van der Waals surface area contributed by atoms with E-state index in [1.165, 1.54) is 16.4 Å². The zero-order valence-corrected chi connectivity index (χ0v) is 16.7. The third-order valence-corrected chi connectivity index (χ3v) is 6.55. The first kappa shape index (κ1) is 19.9. The van der Waals surface area contributed by atoms with Crippen LogP contribution in [0.1, 0.15) is 0 Å². The SMILES string of the molecule is O=C(COc1cccc(Cl)c1)N1CCN(S(=O)(=O)c2cccc(Cl)c2)CC1. The lowest BCUT2D eigenvalue weighted by Crippen LogP contribution is -2.51. The number of benzene rings is 2. The Bertz CT molecular complexity index is 928. The van der Waals surface area contributed by atoms with Crippen LogP contribution in [0.4, 0.5) is 0 Å². The highest BCUT2D eigenvalue weighted by Crippen LogP contribution is 2.21. The number of rotatable bonds is 5. The fourth-order valence-electron chi connectivity index (χ4n) is 2.75. The molecule has 0 spiro atoms. The number of ether oxygens (including phenoxy) is 1. The molecule has 1 aliphatic heterocycles. The van der Waals surface area contributed by atoms with Crippen LogP contribution in [0.25, 0.3) is 0 Å². The summed E-state index contributed by atoms with van der Waals surface area (Å²) in [5.74, 6) is 0.313. The number of amides is 1. The predicted molar refractivity (Wildman–Crippen MR) is 104 cm³/mol. The van der Waals surface area contributed by atoms with Crippen LogP contribution in [0.3, 0.4) is 0 Å². The highest BCUT2D eigenvalue weighted by Gasteiger charge is 2.30. The molecule has 0 atom stereocenters. The molecule has 0 aromatic heterocycles. The largest absolute Gasteiger partial charge is 0.484 e. The molecule has 0 N–H and O–H groups in total. The average Bonchev–Trinajstić information content (AvgIpc) is 2.66. The van der Waals surface area contributed by atoms with E-state index < -0.39 is 10.0 Å². The summed E-state index contributed by atoms with van der Waals surface area (Å²) in [5, 5.41) is 0.892. The highest BCUT2D eigenvalue weighted by molar-refractivity contribution is 7.89. The van der Waals surface area contributed by atoms with Crippen LogP contribution < -0.4 is 4.74 Å². The van der Waals surface area contributed by atoms with Crippen molar-refractivity contribution in [2.75, 3.05) is 32.8 Å². The summed E-state index contributed by atoms with van der Waals surface area (Å²) in [6, 6.07) is 13.0. The number of halogens is 2. The van der Waals surface area contributed by atoms with Gasteiger partial charge in [0.25, 0.3) is 5.91 Å². The first-order chi connectivity index (χ1) is 12.9. The first-order valence-electron chi connectivity index (χ1n) is 8.28. The van der Waals surface area contributed by atoms with Gasteiger partial charge in [-0.15, -0.1) is 0 Å². The minimum Gasteiger partial charge on any atom is -0.484 e. The lowest BCUT2D eigenvalue weighted by Gasteiger charge is -2.34. The van der Waals surface area contributed by atoms with E-state index in [2.05, 4.69) is 0 Å². The van der Waals surface area contributed by atoms with Crippen molar-refractivity contribution in [1.29, 1.82) is 0 Å². The van der Waals surface area contributed by atoms with Crippen LogP contribution in [0.5, 0.6) is 5.75 Å². The van der Waals surface area contributed by atoms with Gasteiger partial charge in [-0.1, -0.05) is 35.3 Å². The van der Waals surface area contributed by atoms with Gasteiger partial charge in [0.05, 0.1) is 4.90 Å². The van der Waals surface area contributed by atoms with Crippen LogP contribution in [-0.4, -0.2) is 56.3 Å². The number of hydrogen-bond donors (Lipinski definition) is 0. The number of sulfonamides is 1. The second-order valence-corrected chi connectivity index (χ2v) is 8.80. The molecule has 9 heteroatoms. The molecule has 3 rings (SSSR count). The maximum Gasteiger partial charge on any atom is 0.260 e. The minimum atomic E-state index is -3.63. The van der Waals surface area contributed by atoms with Crippen molar-refractivity contribution in [3.8, 4) is 5.75 Å². The van der Waals surface area contributed by atoms with Crippen molar-refractivity contribution in [2.24, 2.45) is 0 Å². The molecule has 27 heavy (non-hydrogen) atoms. The van der Waals surface area contributed by atoms with E-state index in [9.17, 15) is 13.2 Å². The van der Waals surface area contributed by atoms with Crippen molar-refractivity contribution in [2.45, 2.75) is 4.90 Å². The van der Waals surface area contributed by atoms with E-state index in [1.54, 1.807) is 41.3 Å². The molecule has 2 aromatic rings. The van der Waals surface area contributed by atoms with E-state index in [0.717, 1.165) is 0 Å². The molecular formula is C18H18Cl2N2O4S. The Hall–Kier alpha value is -1.80. The third-order valence-electron chi connectivity index (χ3n) is 4.18. The number of hydrogen-bond acceptors (Lipinski definition) is 4. The van der Waals surface area contributed by atoms with Gasteiger partial charge in [0.2, 0.25) is 10.0 Å². The van der Waals surface area contributed by atoms with Crippen LogP contribution in [-0.2, 0) is 14.8 Å². The Morgan fingerprint density at radius 3 is 2.22 bits per heavy atom. The number of carbonyl (C=O) groups excluding carboxylic acids is 1. The van der Waals surface area contributed by atoms with Crippen molar-refractivity contribution in [3.05, 3.63) is 58.6 Å². The Balaban J connectivity index is 1.56. The lowest BCUT2D eigenvalue weighted by atomic mass is 10.3. The second-order valence-electron chi connectivity index (χ2n) is 5.99. The second kappa shape index (κ2) is 8.48. The predicted octanol–water partition coefficient (Wildman–Crippen LogP) is 2.91. The van der Waals surface area contributed by atoms with Gasteiger partial charge >= 0.3 is 0 Å². The number of nitrogens with zero attached hydrogens (tertiary/aromatic N) is 2. The fourth-order valence-corrected chi connectivity index (χ4v) is 4.65. The van der Waals surface area contributed by atoms with Crippen LogP contribution >= 0.6 is 23.2 Å². The van der Waals surface area contributed by atoms with Gasteiger partial charge in [0, 0.05) is 36.2 Å². The van der Waals surface area contributed by atoms with Gasteiger partial charge in [-0.3, -0.25) is 4.79 Å². The molecule has 0 bridgehead atoms. The topological polar surface area (TPSA) is 66.9 Å². The molecule has 2 aromatic carbocycles. The minimum absolute atomic E-state index is 0.124. The molecule has 1 amide bonds. The molecule has 1 heterocycles. The highest BCUT2D eigenvalue weighted by atomic mass is 35.5. The molecular weight excluding hydrogens is 411 g/mol. The first-order valence-corrected chi connectivity index (χ1v) is 10.5. The zero-order chi connectivity index (χ0) is 19.4. The monoisotopic (exact) mass is 428 g/mol. The quantitative estimate of drug-likeness (QED) is 0.733. The van der Waals surface area contributed by atoms with E-state index >= 15 is 0 Å². The van der Waals surface area contributed by atoms with Crippen molar-refractivity contribution in [1.82, 2.24) is 9.21 Å².